The van der Waals surface area contributed by atoms with E-state index < -0.39 is 0 Å². The zero-order chi connectivity index (χ0) is 19.2. The molecule has 0 saturated heterocycles. The van der Waals surface area contributed by atoms with E-state index in [4.69, 9.17) is 10.1 Å². The molecule has 0 fully saturated rings. The maximum Gasteiger partial charge on any atom is 0.155 e. The molecular weight excluding hydrogens is 530 g/mol. The van der Waals surface area contributed by atoms with Crippen LogP contribution in [-0.2, 0) is 24.9 Å². The SMILES string of the molecule is CC(=O)/C=C(/C)O.[Ir].[c-]1ccccc1-c1ncc2ccc3cnccc3c2n1. The molecular formula is C22H18IrN3O2-. The van der Waals surface area contributed by atoms with Crippen molar-refractivity contribution in [3.8, 4) is 11.4 Å². The summed E-state index contributed by atoms with van der Waals surface area (Å²) in [7, 11) is 0. The van der Waals surface area contributed by atoms with Crippen LogP contribution in [0.5, 0.6) is 0 Å². The van der Waals surface area contributed by atoms with Crippen LogP contribution in [0.25, 0.3) is 33.1 Å². The molecule has 2 heterocycles. The number of rotatable bonds is 2. The summed E-state index contributed by atoms with van der Waals surface area (Å²) in [5.41, 5.74) is 1.85. The standard InChI is InChI=1S/C17H10N3.C5H8O2.Ir/c1-2-4-12(5-3-1)17-19-11-14-7-6-13-10-18-9-8-15(13)16(14)20-17;1-4(6)3-5(2)7;/h1-4,6-11H;3,6H,1-2H3;/q-1;;/b;4-3-;. The number of benzene rings is 2. The van der Waals surface area contributed by atoms with Crippen LogP contribution in [0.4, 0.5) is 0 Å². The second-order valence-electron chi connectivity index (χ2n) is 5.97. The molecule has 28 heavy (non-hydrogen) atoms. The van der Waals surface area contributed by atoms with E-state index in [9.17, 15) is 4.79 Å². The first-order valence-electron chi connectivity index (χ1n) is 8.39. The zero-order valence-corrected chi connectivity index (χ0v) is 17.8. The van der Waals surface area contributed by atoms with Gasteiger partial charge in [-0.2, -0.15) is 0 Å². The number of carbonyl (C=O) groups excluding carboxylic acids is 1. The molecule has 2 aromatic carbocycles. The van der Waals surface area contributed by atoms with Crippen molar-refractivity contribution in [1.29, 1.82) is 0 Å². The van der Waals surface area contributed by atoms with Gasteiger partial charge < -0.3 is 5.11 Å². The van der Waals surface area contributed by atoms with Crippen LogP contribution in [0.2, 0.25) is 0 Å². The van der Waals surface area contributed by atoms with Gasteiger partial charge in [0.05, 0.1) is 17.1 Å². The first kappa shape index (κ1) is 21.4. The summed E-state index contributed by atoms with van der Waals surface area (Å²) >= 11 is 0. The fraction of sp³-hybridized carbons (Fsp3) is 0.0909. The van der Waals surface area contributed by atoms with Crippen molar-refractivity contribution < 1.29 is 30.0 Å². The second-order valence-corrected chi connectivity index (χ2v) is 5.97. The van der Waals surface area contributed by atoms with Crippen LogP contribution in [0.15, 0.2) is 72.9 Å². The third-order valence-corrected chi connectivity index (χ3v) is 3.73. The van der Waals surface area contributed by atoms with Gasteiger partial charge in [0.1, 0.15) is 0 Å². The largest absolute Gasteiger partial charge is 0.512 e. The number of pyridine rings is 1. The van der Waals surface area contributed by atoms with Crippen LogP contribution in [-0.4, -0.2) is 25.8 Å². The molecule has 4 aromatic rings. The number of hydrogen-bond acceptors (Lipinski definition) is 5. The topological polar surface area (TPSA) is 76.0 Å². The zero-order valence-electron chi connectivity index (χ0n) is 15.4. The molecule has 0 aliphatic heterocycles. The number of aliphatic hydroxyl groups excluding tert-OH is 1. The van der Waals surface area contributed by atoms with Gasteiger partial charge in [0.2, 0.25) is 0 Å². The predicted octanol–water partition coefficient (Wildman–Crippen LogP) is 4.68. The Balaban J connectivity index is 0.000000306. The van der Waals surface area contributed by atoms with Crippen molar-refractivity contribution in [2.75, 3.05) is 0 Å². The van der Waals surface area contributed by atoms with Gasteiger partial charge in [0.15, 0.2) is 5.78 Å². The van der Waals surface area contributed by atoms with Crippen molar-refractivity contribution in [3.05, 3.63) is 79.0 Å². The third kappa shape index (κ3) is 5.28. The molecule has 0 aliphatic rings. The summed E-state index contributed by atoms with van der Waals surface area (Å²) in [6, 6.07) is 17.0. The van der Waals surface area contributed by atoms with Crippen molar-refractivity contribution in [2.24, 2.45) is 0 Å². The fourth-order valence-electron chi connectivity index (χ4n) is 2.62. The monoisotopic (exact) mass is 549 g/mol. The minimum Gasteiger partial charge on any atom is -0.512 e. The molecule has 0 saturated carbocycles. The summed E-state index contributed by atoms with van der Waals surface area (Å²) in [6.45, 7) is 2.85. The molecule has 2 aromatic heterocycles. The number of hydrogen-bond donors (Lipinski definition) is 1. The van der Waals surface area contributed by atoms with Gasteiger partial charge in [-0.05, 0) is 19.9 Å². The van der Waals surface area contributed by atoms with E-state index in [0.29, 0.717) is 5.82 Å². The Labute approximate surface area is 176 Å². The number of allylic oxidation sites excluding steroid dienone is 2. The minimum atomic E-state index is -0.125. The van der Waals surface area contributed by atoms with Crippen LogP contribution < -0.4 is 0 Å². The Bertz CT molecular complexity index is 1120. The molecule has 143 valence electrons. The molecule has 0 atom stereocenters. The molecule has 6 heteroatoms. The third-order valence-electron chi connectivity index (χ3n) is 3.73. The average molecular weight is 549 g/mol. The molecule has 0 aliphatic carbocycles. The smallest absolute Gasteiger partial charge is 0.155 e. The number of aliphatic hydroxyl groups is 1. The fourth-order valence-corrected chi connectivity index (χ4v) is 2.62. The van der Waals surface area contributed by atoms with Gasteiger partial charge in [0, 0.05) is 60.9 Å². The Morgan fingerprint density at radius 3 is 2.50 bits per heavy atom. The first-order chi connectivity index (χ1) is 13.0. The van der Waals surface area contributed by atoms with E-state index in [-0.39, 0.29) is 31.6 Å². The van der Waals surface area contributed by atoms with Crippen LogP contribution in [0.1, 0.15) is 13.8 Å². The number of ketones is 1. The summed E-state index contributed by atoms with van der Waals surface area (Å²) in [5, 5.41) is 11.6. The number of nitrogens with zero attached hydrogens (tertiary/aromatic N) is 3. The molecule has 0 bridgehead atoms. The van der Waals surface area contributed by atoms with Crippen molar-refractivity contribution in [1.82, 2.24) is 15.0 Å². The van der Waals surface area contributed by atoms with Crippen molar-refractivity contribution >= 4 is 27.5 Å². The van der Waals surface area contributed by atoms with E-state index in [1.54, 1.807) is 6.20 Å². The summed E-state index contributed by atoms with van der Waals surface area (Å²) < 4.78 is 0. The summed E-state index contributed by atoms with van der Waals surface area (Å²) in [5.74, 6) is 0.634. The molecule has 0 spiro atoms. The Hall–Kier alpha value is -2.95. The van der Waals surface area contributed by atoms with Gasteiger partial charge in [-0.1, -0.05) is 12.1 Å². The summed E-state index contributed by atoms with van der Waals surface area (Å²) in [6.07, 6.45) is 6.67. The normalized spacial score (nSPS) is 10.7. The molecule has 5 nitrogen and oxygen atoms in total. The molecule has 0 amide bonds. The number of aromatic nitrogens is 3. The van der Waals surface area contributed by atoms with E-state index in [0.717, 1.165) is 27.2 Å². The van der Waals surface area contributed by atoms with Crippen LogP contribution >= 0.6 is 0 Å². The maximum absolute atomic E-state index is 10.0. The van der Waals surface area contributed by atoms with E-state index in [1.807, 2.05) is 54.9 Å². The first-order valence-corrected chi connectivity index (χ1v) is 8.39. The minimum absolute atomic E-state index is 0. The van der Waals surface area contributed by atoms with Gasteiger partial charge in [0.25, 0.3) is 0 Å². The van der Waals surface area contributed by atoms with Crippen molar-refractivity contribution in [2.45, 2.75) is 13.8 Å². The van der Waals surface area contributed by atoms with Gasteiger partial charge in [-0.15, -0.1) is 35.9 Å². The van der Waals surface area contributed by atoms with Gasteiger partial charge in [-0.25, -0.2) is 0 Å². The number of carbonyl (C=O) groups is 1. The molecule has 1 N–H and O–H groups in total. The maximum atomic E-state index is 10.0. The van der Waals surface area contributed by atoms with Crippen LogP contribution in [0.3, 0.4) is 0 Å². The predicted molar refractivity (Wildman–Crippen MR) is 106 cm³/mol. The van der Waals surface area contributed by atoms with Gasteiger partial charge in [-0.3, -0.25) is 19.7 Å². The van der Waals surface area contributed by atoms with E-state index >= 15 is 0 Å². The van der Waals surface area contributed by atoms with Crippen LogP contribution in [0, 0.1) is 6.07 Å². The van der Waals surface area contributed by atoms with Gasteiger partial charge >= 0.3 is 0 Å². The quantitative estimate of drug-likeness (QED) is 0.170. The Morgan fingerprint density at radius 2 is 1.86 bits per heavy atom. The molecule has 4 rings (SSSR count). The number of fused-ring (bicyclic) bond motifs is 3. The van der Waals surface area contributed by atoms with Crippen molar-refractivity contribution in [3.63, 3.8) is 0 Å². The molecule has 1 radical (unpaired) electrons. The molecule has 0 unspecified atom stereocenters. The van der Waals surface area contributed by atoms with E-state index in [1.165, 1.54) is 19.9 Å². The summed E-state index contributed by atoms with van der Waals surface area (Å²) in [4.78, 5) is 23.3. The Kier molecular flexibility index (Phi) is 7.50. The Morgan fingerprint density at radius 1 is 1.07 bits per heavy atom. The second kappa shape index (κ2) is 9.83. The van der Waals surface area contributed by atoms with E-state index in [2.05, 4.69) is 16.0 Å². The average Bonchev–Trinajstić information content (AvgIpc) is 2.67.